The van der Waals surface area contributed by atoms with Crippen molar-refractivity contribution in [2.45, 2.75) is 19.9 Å². The van der Waals surface area contributed by atoms with Crippen LogP contribution in [0.3, 0.4) is 0 Å². The van der Waals surface area contributed by atoms with Gasteiger partial charge < -0.3 is 20.9 Å². The number of rotatable bonds is 6. The summed E-state index contributed by atoms with van der Waals surface area (Å²) in [4.78, 5) is 15.9. The van der Waals surface area contributed by atoms with Crippen molar-refractivity contribution in [2.75, 3.05) is 18.1 Å². The summed E-state index contributed by atoms with van der Waals surface area (Å²) in [6.07, 6.45) is 1.09. The topological polar surface area (TPSA) is 138 Å². The number of aliphatic hydroxyl groups excluding tert-OH is 1. The number of nitro groups is 1. The molecule has 20 heavy (non-hydrogen) atoms. The fraction of sp³-hybridized carbons (Fsp3) is 0.455. The summed E-state index contributed by atoms with van der Waals surface area (Å²) in [6.45, 7) is 3.89. The summed E-state index contributed by atoms with van der Waals surface area (Å²) in [5.41, 5.74) is 5.43. The summed E-state index contributed by atoms with van der Waals surface area (Å²) in [6, 6.07) is 1.16. The van der Waals surface area contributed by atoms with Crippen LogP contribution in [0, 0.1) is 10.1 Å². The van der Waals surface area contributed by atoms with Crippen LogP contribution in [0.1, 0.15) is 19.4 Å². The van der Waals surface area contributed by atoms with Gasteiger partial charge in [0.15, 0.2) is 5.84 Å². The molecule has 0 aliphatic rings. The highest BCUT2D eigenvalue weighted by molar-refractivity contribution is 6.02. The van der Waals surface area contributed by atoms with Gasteiger partial charge in [-0.1, -0.05) is 5.16 Å². The molecule has 0 saturated carbocycles. The molecule has 0 amide bonds. The van der Waals surface area contributed by atoms with Gasteiger partial charge in [0.05, 0.1) is 17.1 Å². The SMILES string of the molecule is CC(C)N(CCO)c1ncc([N+](=O)[O-])cc1C(N)=NO. The minimum absolute atomic E-state index is 0.0265. The van der Waals surface area contributed by atoms with Gasteiger partial charge in [-0.15, -0.1) is 0 Å². The van der Waals surface area contributed by atoms with E-state index in [1.54, 1.807) is 4.90 Å². The second kappa shape index (κ2) is 6.66. The Balaban J connectivity index is 3.40. The number of hydrogen-bond acceptors (Lipinski definition) is 7. The molecular formula is C11H17N5O4. The van der Waals surface area contributed by atoms with Crippen LogP contribution >= 0.6 is 0 Å². The summed E-state index contributed by atoms with van der Waals surface area (Å²) < 4.78 is 0. The predicted octanol–water partition coefficient (Wildman–Crippen LogP) is 0.291. The maximum atomic E-state index is 10.8. The molecule has 9 heteroatoms. The zero-order chi connectivity index (χ0) is 15.3. The molecular weight excluding hydrogens is 266 g/mol. The molecule has 0 aliphatic carbocycles. The number of nitrogens with zero attached hydrogens (tertiary/aromatic N) is 4. The van der Waals surface area contributed by atoms with Crippen molar-refractivity contribution in [1.82, 2.24) is 4.98 Å². The summed E-state index contributed by atoms with van der Waals surface area (Å²) in [5, 5.41) is 31.5. The first-order valence-electron chi connectivity index (χ1n) is 5.92. The molecule has 0 saturated heterocycles. The van der Waals surface area contributed by atoms with Gasteiger partial charge in [-0.05, 0) is 13.8 Å². The zero-order valence-electron chi connectivity index (χ0n) is 11.2. The Morgan fingerprint density at radius 1 is 1.65 bits per heavy atom. The monoisotopic (exact) mass is 283 g/mol. The van der Waals surface area contributed by atoms with Crippen LogP contribution < -0.4 is 10.6 Å². The minimum Gasteiger partial charge on any atom is -0.409 e. The number of amidine groups is 1. The Morgan fingerprint density at radius 2 is 2.30 bits per heavy atom. The van der Waals surface area contributed by atoms with Crippen molar-refractivity contribution < 1.29 is 15.2 Å². The molecule has 9 nitrogen and oxygen atoms in total. The third kappa shape index (κ3) is 3.32. The fourth-order valence-electron chi connectivity index (χ4n) is 1.73. The largest absolute Gasteiger partial charge is 0.409 e. The van der Waals surface area contributed by atoms with E-state index in [4.69, 9.17) is 16.0 Å². The van der Waals surface area contributed by atoms with Crippen LogP contribution in [0.5, 0.6) is 0 Å². The number of pyridine rings is 1. The van der Waals surface area contributed by atoms with Gasteiger partial charge in [0.25, 0.3) is 5.69 Å². The molecule has 0 aliphatic heterocycles. The van der Waals surface area contributed by atoms with Crippen molar-refractivity contribution in [1.29, 1.82) is 0 Å². The van der Waals surface area contributed by atoms with E-state index in [1.165, 1.54) is 6.07 Å². The normalized spacial score (nSPS) is 11.7. The van der Waals surface area contributed by atoms with Crippen LogP contribution in [-0.4, -0.2) is 45.3 Å². The Morgan fingerprint density at radius 3 is 2.75 bits per heavy atom. The van der Waals surface area contributed by atoms with Crippen molar-refractivity contribution in [3.05, 3.63) is 27.9 Å². The zero-order valence-corrected chi connectivity index (χ0v) is 11.2. The van der Waals surface area contributed by atoms with Crippen LogP contribution in [0.2, 0.25) is 0 Å². The van der Waals surface area contributed by atoms with Crippen molar-refractivity contribution in [3.8, 4) is 0 Å². The molecule has 1 aromatic heterocycles. The van der Waals surface area contributed by atoms with Gasteiger partial charge >= 0.3 is 0 Å². The summed E-state index contributed by atoms with van der Waals surface area (Å²) in [5.74, 6) is 0.0368. The number of oxime groups is 1. The van der Waals surface area contributed by atoms with E-state index >= 15 is 0 Å². The third-order valence-corrected chi connectivity index (χ3v) is 2.68. The number of aliphatic hydroxyl groups is 1. The smallest absolute Gasteiger partial charge is 0.288 e. The summed E-state index contributed by atoms with van der Waals surface area (Å²) >= 11 is 0. The van der Waals surface area contributed by atoms with Gasteiger partial charge in [0, 0.05) is 18.7 Å². The second-order valence-corrected chi connectivity index (χ2v) is 4.32. The molecule has 4 N–H and O–H groups in total. The fourth-order valence-corrected chi connectivity index (χ4v) is 1.73. The van der Waals surface area contributed by atoms with E-state index in [0.717, 1.165) is 6.20 Å². The average Bonchev–Trinajstić information content (AvgIpc) is 2.42. The van der Waals surface area contributed by atoms with E-state index in [-0.39, 0.29) is 36.3 Å². The van der Waals surface area contributed by atoms with E-state index in [9.17, 15) is 10.1 Å². The highest BCUT2D eigenvalue weighted by Gasteiger charge is 2.21. The Labute approximate surface area is 115 Å². The summed E-state index contributed by atoms with van der Waals surface area (Å²) in [7, 11) is 0. The molecule has 1 aromatic rings. The minimum atomic E-state index is -0.614. The average molecular weight is 283 g/mol. The number of aromatic nitrogens is 1. The highest BCUT2D eigenvalue weighted by atomic mass is 16.6. The van der Waals surface area contributed by atoms with Gasteiger partial charge in [0.2, 0.25) is 0 Å². The predicted molar refractivity (Wildman–Crippen MR) is 73.0 cm³/mol. The van der Waals surface area contributed by atoms with Crippen molar-refractivity contribution in [2.24, 2.45) is 10.9 Å². The van der Waals surface area contributed by atoms with Gasteiger partial charge in [-0.3, -0.25) is 10.1 Å². The van der Waals surface area contributed by atoms with E-state index in [0.29, 0.717) is 5.82 Å². The number of hydrogen-bond donors (Lipinski definition) is 3. The molecule has 0 radical (unpaired) electrons. The van der Waals surface area contributed by atoms with Gasteiger partial charge in [-0.25, -0.2) is 4.98 Å². The lowest BCUT2D eigenvalue weighted by Crippen LogP contribution is -2.36. The number of anilines is 1. The Bertz CT molecular complexity index is 518. The lowest BCUT2D eigenvalue weighted by Gasteiger charge is -2.28. The molecule has 0 spiro atoms. The quantitative estimate of drug-likeness (QED) is 0.224. The molecule has 0 unspecified atom stereocenters. The molecule has 110 valence electrons. The Kier molecular flexibility index (Phi) is 5.21. The van der Waals surface area contributed by atoms with Crippen LogP contribution in [0.15, 0.2) is 17.4 Å². The first-order valence-corrected chi connectivity index (χ1v) is 5.92. The lowest BCUT2D eigenvalue weighted by atomic mass is 10.2. The molecule has 0 fully saturated rings. The van der Waals surface area contributed by atoms with E-state index < -0.39 is 4.92 Å². The molecule has 0 bridgehead atoms. The first kappa shape index (κ1) is 15.6. The lowest BCUT2D eigenvalue weighted by molar-refractivity contribution is -0.385. The molecule has 0 atom stereocenters. The van der Waals surface area contributed by atoms with Gasteiger partial charge in [-0.2, -0.15) is 0 Å². The Hall–Kier alpha value is -2.42. The van der Waals surface area contributed by atoms with E-state index in [2.05, 4.69) is 10.1 Å². The second-order valence-electron chi connectivity index (χ2n) is 4.32. The first-order chi connectivity index (χ1) is 9.42. The number of nitrogens with two attached hydrogens (primary N) is 1. The van der Waals surface area contributed by atoms with Crippen LogP contribution in [0.4, 0.5) is 11.5 Å². The standard InChI is InChI=1S/C11H17N5O4/c1-7(2)15(3-4-17)11-9(10(12)14-18)5-8(6-13-11)16(19)20/h5-7,17-18H,3-4H2,1-2H3,(H2,12,14). The van der Waals surface area contributed by atoms with Crippen LogP contribution in [0.25, 0.3) is 0 Å². The molecule has 1 heterocycles. The highest BCUT2D eigenvalue weighted by Crippen LogP contribution is 2.23. The van der Waals surface area contributed by atoms with E-state index in [1.807, 2.05) is 13.8 Å². The van der Waals surface area contributed by atoms with Crippen molar-refractivity contribution in [3.63, 3.8) is 0 Å². The maximum absolute atomic E-state index is 10.8. The van der Waals surface area contributed by atoms with Crippen molar-refractivity contribution >= 4 is 17.3 Å². The third-order valence-electron chi connectivity index (χ3n) is 2.68. The van der Waals surface area contributed by atoms with Gasteiger partial charge in [0.1, 0.15) is 12.0 Å². The van der Waals surface area contributed by atoms with Crippen LogP contribution in [-0.2, 0) is 0 Å². The molecule has 1 rings (SSSR count). The molecule has 0 aromatic carbocycles. The maximum Gasteiger partial charge on any atom is 0.288 e.